The van der Waals surface area contributed by atoms with E-state index in [1.54, 1.807) is 6.92 Å². The molecule has 2 aromatic rings. The minimum Gasteiger partial charge on any atom is -0.494 e. The van der Waals surface area contributed by atoms with E-state index < -0.39 is 15.7 Å². The predicted octanol–water partition coefficient (Wildman–Crippen LogP) is 1.91. The van der Waals surface area contributed by atoms with Crippen molar-refractivity contribution in [1.29, 1.82) is 0 Å². The molecule has 1 aromatic heterocycles. The third-order valence-electron chi connectivity index (χ3n) is 2.61. The van der Waals surface area contributed by atoms with Crippen LogP contribution in [0.2, 0.25) is 0 Å². The topological polar surface area (TPSA) is 69.2 Å². The van der Waals surface area contributed by atoms with Crippen molar-refractivity contribution in [2.75, 3.05) is 7.11 Å². The Labute approximate surface area is 116 Å². The van der Waals surface area contributed by atoms with Crippen molar-refractivity contribution in [1.82, 2.24) is 9.97 Å². The Hall–Kier alpha value is -2.02. The van der Waals surface area contributed by atoms with Gasteiger partial charge in [-0.25, -0.2) is 22.8 Å². The van der Waals surface area contributed by atoms with Crippen LogP contribution in [0.4, 0.5) is 4.39 Å². The lowest BCUT2D eigenvalue weighted by Gasteiger charge is -2.06. The van der Waals surface area contributed by atoms with Gasteiger partial charge in [-0.3, -0.25) is 0 Å². The first-order chi connectivity index (χ1) is 9.42. The van der Waals surface area contributed by atoms with E-state index in [-0.39, 0.29) is 16.7 Å². The molecule has 0 amide bonds. The van der Waals surface area contributed by atoms with Crippen molar-refractivity contribution in [3.05, 3.63) is 47.5 Å². The molecular formula is C13H13FN2O3S. The molecule has 1 heterocycles. The highest BCUT2D eigenvalue weighted by atomic mass is 32.2. The van der Waals surface area contributed by atoms with Crippen LogP contribution in [0.3, 0.4) is 0 Å². The fourth-order valence-electron chi connectivity index (χ4n) is 1.62. The average Bonchev–Trinajstić information content (AvgIpc) is 2.39. The Morgan fingerprint density at radius 2 is 1.90 bits per heavy atom. The van der Waals surface area contributed by atoms with E-state index in [9.17, 15) is 12.8 Å². The van der Waals surface area contributed by atoms with Gasteiger partial charge < -0.3 is 4.74 Å². The molecule has 0 saturated heterocycles. The maximum Gasteiger partial charge on any atom is 0.247 e. The number of sulfone groups is 1. The lowest BCUT2D eigenvalue weighted by atomic mass is 10.2. The molecule has 0 spiro atoms. The van der Waals surface area contributed by atoms with Crippen molar-refractivity contribution >= 4 is 9.84 Å². The molecule has 0 saturated carbocycles. The summed E-state index contributed by atoms with van der Waals surface area (Å²) in [5.74, 6) is -0.903. The second-order valence-corrected chi connectivity index (χ2v) is 6.15. The van der Waals surface area contributed by atoms with Crippen LogP contribution in [0.25, 0.3) is 0 Å². The standard InChI is InChI=1S/C13H13FN2O3S/c1-9-6-15-13(16-7-9)20(17,18)8-10-3-4-12(19-2)11(14)5-10/h3-7H,8H2,1-2H3. The molecule has 0 atom stereocenters. The summed E-state index contributed by atoms with van der Waals surface area (Å²) in [5, 5.41) is -0.265. The van der Waals surface area contributed by atoms with Gasteiger partial charge in [-0.15, -0.1) is 0 Å². The molecule has 0 aliphatic rings. The molecule has 0 N–H and O–H groups in total. The van der Waals surface area contributed by atoms with Gasteiger partial charge in [0.05, 0.1) is 12.9 Å². The summed E-state index contributed by atoms with van der Waals surface area (Å²) < 4.78 is 42.5. The largest absolute Gasteiger partial charge is 0.494 e. The zero-order chi connectivity index (χ0) is 14.8. The van der Waals surface area contributed by atoms with E-state index in [4.69, 9.17) is 4.74 Å². The van der Waals surface area contributed by atoms with E-state index in [1.807, 2.05) is 0 Å². The van der Waals surface area contributed by atoms with Crippen LogP contribution < -0.4 is 4.74 Å². The van der Waals surface area contributed by atoms with Crippen LogP contribution in [-0.2, 0) is 15.6 Å². The number of halogens is 1. The van der Waals surface area contributed by atoms with Crippen molar-refractivity contribution in [3.63, 3.8) is 0 Å². The fourth-order valence-corrected chi connectivity index (χ4v) is 2.80. The van der Waals surface area contributed by atoms with E-state index in [1.165, 1.54) is 31.6 Å². The lowest BCUT2D eigenvalue weighted by molar-refractivity contribution is 0.386. The van der Waals surface area contributed by atoms with Gasteiger partial charge in [-0.2, -0.15) is 0 Å². The SMILES string of the molecule is COc1ccc(CS(=O)(=O)c2ncc(C)cn2)cc1F. The Morgan fingerprint density at radius 1 is 1.25 bits per heavy atom. The lowest BCUT2D eigenvalue weighted by Crippen LogP contribution is -2.09. The van der Waals surface area contributed by atoms with Crippen molar-refractivity contribution in [2.24, 2.45) is 0 Å². The van der Waals surface area contributed by atoms with Gasteiger partial charge in [-0.1, -0.05) is 6.07 Å². The number of hydrogen-bond acceptors (Lipinski definition) is 5. The Bertz CT molecular complexity index is 715. The molecular weight excluding hydrogens is 283 g/mol. The Morgan fingerprint density at radius 3 is 2.45 bits per heavy atom. The van der Waals surface area contributed by atoms with Gasteiger partial charge in [0.15, 0.2) is 11.6 Å². The van der Waals surface area contributed by atoms with E-state index >= 15 is 0 Å². The number of hydrogen-bond donors (Lipinski definition) is 0. The zero-order valence-electron chi connectivity index (χ0n) is 11.0. The molecule has 7 heteroatoms. The molecule has 106 valence electrons. The molecule has 5 nitrogen and oxygen atoms in total. The van der Waals surface area contributed by atoms with Crippen LogP contribution in [0.1, 0.15) is 11.1 Å². The summed E-state index contributed by atoms with van der Waals surface area (Å²) in [6.45, 7) is 1.76. The fraction of sp³-hybridized carbons (Fsp3) is 0.231. The van der Waals surface area contributed by atoms with Gasteiger partial charge >= 0.3 is 0 Å². The zero-order valence-corrected chi connectivity index (χ0v) is 11.8. The average molecular weight is 296 g/mol. The predicted molar refractivity (Wildman–Crippen MR) is 70.6 cm³/mol. The van der Waals surface area contributed by atoms with Crippen LogP contribution in [0.5, 0.6) is 5.75 Å². The maximum absolute atomic E-state index is 13.5. The van der Waals surface area contributed by atoms with E-state index in [0.717, 1.165) is 11.6 Å². The third-order valence-corrected chi connectivity index (χ3v) is 4.09. The third kappa shape index (κ3) is 3.11. The highest BCUT2D eigenvalue weighted by molar-refractivity contribution is 7.90. The molecule has 1 aromatic carbocycles. The van der Waals surface area contributed by atoms with Crippen LogP contribution in [-0.4, -0.2) is 25.5 Å². The van der Waals surface area contributed by atoms with Crippen molar-refractivity contribution < 1.29 is 17.5 Å². The molecule has 0 bridgehead atoms. The molecule has 0 radical (unpaired) electrons. The second-order valence-electron chi connectivity index (χ2n) is 4.27. The van der Waals surface area contributed by atoms with Crippen molar-refractivity contribution in [3.8, 4) is 5.75 Å². The van der Waals surface area contributed by atoms with E-state index in [2.05, 4.69) is 9.97 Å². The second kappa shape index (κ2) is 5.54. The first-order valence-electron chi connectivity index (χ1n) is 5.76. The summed E-state index contributed by atoms with van der Waals surface area (Å²) >= 11 is 0. The first kappa shape index (κ1) is 14.4. The minimum atomic E-state index is -3.70. The number of benzene rings is 1. The van der Waals surface area contributed by atoms with Crippen molar-refractivity contribution in [2.45, 2.75) is 17.8 Å². The summed E-state index contributed by atoms with van der Waals surface area (Å²) in [4.78, 5) is 7.57. The summed E-state index contributed by atoms with van der Waals surface area (Å²) in [7, 11) is -2.35. The molecule has 0 unspecified atom stereocenters. The van der Waals surface area contributed by atoms with Gasteiger partial charge in [0, 0.05) is 12.4 Å². The number of nitrogens with zero attached hydrogens (tertiary/aromatic N) is 2. The molecule has 20 heavy (non-hydrogen) atoms. The highest BCUT2D eigenvalue weighted by Gasteiger charge is 2.19. The highest BCUT2D eigenvalue weighted by Crippen LogP contribution is 2.20. The quantitative estimate of drug-likeness (QED) is 0.806. The number of rotatable bonds is 4. The Balaban J connectivity index is 2.28. The Kier molecular flexibility index (Phi) is 3.99. The number of aryl methyl sites for hydroxylation is 1. The summed E-state index contributed by atoms with van der Waals surface area (Å²) in [6.07, 6.45) is 2.85. The number of aromatic nitrogens is 2. The van der Waals surface area contributed by atoms with Crippen LogP contribution in [0.15, 0.2) is 35.7 Å². The number of methoxy groups -OCH3 is 1. The molecule has 0 aliphatic heterocycles. The summed E-state index contributed by atoms with van der Waals surface area (Å²) in [6, 6.07) is 4.01. The molecule has 0 fully saturated rings. The van der Waals surface area contributed by atoms with Crippen LogP contribution in [0, 0.1) is 12.7 Å². The minimum absolute atomic E-state index is 0.0673. The number of ether oxygens (including phenoxy) is 1. The maximum atomic E-state index is 13.5. The van der Waals surface area contributed by atoms with E-state index in [0.29, 0.717) is 5.56 Å². The van der Waals surface area contributed by atoms with Gasteiger partial charge in [-0.05, 0) is 30.2 Å². The summed E-state index contributed by atoms with van der Waals surface area (Å²) in [5.41, 5.74) is 1.08. The smallest absolute Gasteiger partial charge is 0.247 e. The monoisotopic (exact) mass is 296 g/mol. The van der Waals surface area contributed by atoms with Gasteiger partial charge in [0.1, 0.15) is 0 Å². The van der Waals surface area contributed by atoms with Crippen LogP contribution >= 0.6 is 0 Å². The normalized spacial score (nSPS) is 11.3. The first-order valence-corrected chi connectivity index (χ1v) is 7.41. The molecule has 2 rings (SSSR count). The van der Waals surface area contributed by atoms with Gasteiger partial charge in [0.2, 0.25) is 15.0 Å². The van der Waals surface area contributed by atoms with Gasteiger partial charge in [0.25, 0.3) is 0 Å². The molecule has 0 aliphatic carbocycles.